The highest BCUT2D eigenvalue weighted by Crippen LogP contribution is 2.40. The Labute approximate surface area is 166 Å². The van der Waals surface area contributed by atoms with Crippen LogP contribution in [0.15, 0.2) is 42.9 Å². The average Bonchev–Trinajstić information content (AvgIpc) is 3.21. The molecule has 1 aliphatic heterocycles. The number of hydrogen-bond acceptors (Lipinski definition) is 8. The third-order valence-corrected chi connectivity index (χ3v) is 5.02. The minimum absolute atomic E-state index is 0.142. The lowest BCUT2D eigenvalue weighted by Crippen LogP contribution is -2.44. The standard InChI is InChI=1S/C20H20N4O5/c1-20(27)16(26)14(10-25)29-19(20)24-9-13(8-7-12-5-3-2-4-6-12)15-17(23-28)21-11-22-18(15)24/h2-6,9,11,14,16,19,25-28H,10H2,1H3,(H,21,22,23)/t14?,16?,19?,20-/m1/s1. The van der Waals surface area contributed by atoms with Crippen molar-refractivity contribution in [3.8, 4) is 11.8 Å². The average molecular weight is 396 g/mol. The Morgan fingerprint density at radius 2 is 2.00 bits per heavy atom. The first kappa shape index (κ1) is 19.3. The minimum atomic E-state index is -1.69. The van der Waals surface area contributed by atoms with Crippen LogP contribution in [0.4, 0.5) is 5.82 Å². The zero-order valence-corrected chi connectivity index (χ0v) is 15.5. The second kappa shape index (κ2) is 7.44. The van der Waals surface area contributed by atoms with E-state index in [9.17, 15) is 20.5 Å². The van der Waals surface area contributed by atoms with Crippen LogP contribution in [0, 0.1) is 11.8 Å². The molecule has 0 aliphatic carbocycles. The minimum Gasteiger partial charge on any atom is -0.394 e. The lowest BCUT2D eigenvalue weighted by molar-refractivity contribution is -0.0948. The molecule has 0 radical (unpaired) electrons. The number of aliphatic hydroxyl groups is 3. The van der Waals surface area contributed by atoms with Gasteiger partial charge in [0.2, 0.25) is 0 Å². The van der Waals surface area contributed by atoms with Crippen molar-refractivity contribution >= 4 is 16.9 Å². The van der Waals surface area contributed by atoms with Gasteiger partial charge in [-0.1, -0.05) is 30.0 Å². The van der Waals surface area contributed by atoms with Crippen molar-refractivity contribution in [1.82, 2.24) is 14.5 Å². The Morgan fingerprint density at radius 3 is 2.66 bits per heavy atom. The summed E-state index contributed by atoms with van der Waals surface area (Å²) in [4.78, 5) is 8.27. The number of benzene rings is 1. The highest BCUT2D eigenvalue weighted by Gasteiger charge is 2.53. The zero-order chi connectivity index (χ0) is 20.6. The van der Waals surface area contributed by atoms with Crippen molar-refractivity contribution in [1.29, 1.82) is 0 Å². The highest BCUT2D eigenvalue weighted by molar-refractivity contribution is 5.93. The molecular weight excluding hydrogens is 376 g/mol. The predicted octanol–water partition coefficient (Wildman–Crippen LogP) is 0.634. The van der Waals surface area contributed by atoms with Crippen LogP contribution in [-0.4, -0.2) is 59.5 Å². The van der Waals surface area contributed by atoms with Crippen LogP contribution in [0.25, 0.3) is 11.0 Å². The lowest BCUT2D eigenvalue weighted by atomic mass is 9.96. The normalized spacial score (nSPS) is 26.3. The van der Waals surface area contributed by atoms with Gasteiger partial charge >= 0.3 is 0 Å². The molecule has 9 nitrogen and oxygen atoms in total. The van der Waals surface area contributed by atoms with Gasteiger partial charge in [0.1, 0.15) is 29.8 Å². The third kappa shape index (κ3) is 3.23. The summed E-state index contributed by atoms with van der Waals surface area (Å²) in [6.45, 7) is 0.970. The number of aliphatic hydroxyl groups excluding tert-OH is 2. The smallest absolute Gasteiger partial charge is 0.167 e. The Kier molecular flexibility index (Phi) is 4.96. The predicted molar refractivity (Wildman–Crippen MR) is 103 cm³/mol. The Hall–Kier alpha value is -3.00. The van der Waals surface area contributed by atoms with Crippen molar-refractivity contribution < 1.29 is 25.3 Å². The molecule has 0 bridgehead atoms. The van der Waals surface area contributed by atoms with E-state index in [1.165, 1.54) is 17.8 Å². The fourth-order valence-electron chi connectivity index (χ4n) is 3.49. The molecule has 9 heteroatoms. The molecule has 5 N–H and O–H groups in total. The van der Waals surface area contributed by atoms with E-state index < -0.39 is 30.6 Å². The van der Waals surface area contributed by atoms with Crippen LogP contribution in [0.1, 0.15) is 24.3 Å². The largest absolute Gasteiger partial charge is 0.394 e. The highest BCUT2D eigenvalue weighted by atomic mass is 16.6. The fraction of sp³-hybridized carbons (Fsp3) is 0.300. The fourth-order valence-corrected chi connectivity index (χ4v) is 3.49. The first-order valence-electron chi connectivity index (χ1n) is 8.96. The summed E-state index contributed by atoms with van der Waals surface area (Å²) in [5, 5.41) is 40.5. The molecule has 0 amide bonds. The molecule has 0 saturated carbocycles. The van der Waals surface area contributed by atoms with Crippen molar-refractivity contribution in [3.63, 3.8) is 0 Å². The van der Waals surface area contributed by atoms with Crippen LogP contribution in [-0.2, 0) is 4.74 Å². The van der Waals surface area contributed by atoms with Crippen LogP contribution >= 0.6 is 0 Å². The van der Waals surface area contributed by atoms with Gasteiger partial charge in [-0.2, -0.15) is 0 Å². The summed E-state index contributed by atoms with van der Waals surface area (Å²) in [7, 11) is 0. The van der Waals surface area contributed by atoms with Gasteiger partial charge in [0.05, 0.1) is 17.6 Å². The van der Waals surface area contributed by atoms with Gasteiger partial charge in [0.15, 0.2) is 12.0 Å². The number of rotatable bonds is 3. The van der Waals surface area contributed by atoms with E-state index in [-0.39, 0.29) is 5.82 Å². The maximum absolute atomic E-state index is 10.8. The maximum atomic E-state index is 10.8. The Balaban J connectivity index is 1.88. The van der Waals surface area contributed by atoms with Gasteiger partial charge in [-0.05, 0) is 19.1 Å². The molecule has 3 aromatic rings. The first-order chi connectivity index (χ1) is 14.0. The van der Waals surface area contributed by atoms with E-state index in [2.05, 4.69) is 21.8 Å². The van der Waals surface area contributed by atoms with Gasteiger partial charge in [0, 0.05) is 11.8 Å². The van der Waals surface area contributed by atoms with E-state index in [4.69, 9.17) is 4.74 Å². The number of aromatic nitrogens is 3. The van der Waals surface area contributed by atoms with Crippen LogP contribution in [0.3, 0.4) is 0 Å². The second-order valence-electron chi connectivity index (χ2n) is 6.98. The molecule has 2 aromatic heterocycles. The van der Waals surface area contributed by atoms with Crippen molar-refractivity contribution in [3.05, 3.63) is 54.0 Å². The molecule has 3 heterocycles. The summed E-state index contributed by atoms with van der Waals surface area (Å²) in [6, 6.07) is 9.36. The number of nitrogens with one attached hydrogen (secondary N) is 1. The van der Waals surface area contributed by atoms with E-state index in [0.29, 0.717) is 16.6 Å². The number of nitrogens with zero attached hydrogens (tertiary/aromatic N) is 3. The Morgan fingerprint density at radius 1 is 1.24 bits per heavy atom. The molecule has 1 saturated heterocycles. The summed E-state index contributed by atoms with van der Waals surface area (Å²) in [5.74, 6) is 6.21. The Bertz CT molecular complexity index is 1090. The second-order valence-corrected chi connectivity index (χ2v) is 6.98. The van der Waals surface area contributed by atoms with Gasteiger partial charge in [0.25, 0.3) is 0 Å². The molecular formula is C20H20N4O5. The number of hydrogen-bond donors (Lipinski definition) is 5. The zero-order valence-electron chi connectivity index (χ0n) is 15.5. The quantitative estimate of drug-likeness (QED) is 0.322. The number of anilines is 1. The van der Waals surface area contributed by atoms with Gasteiger partial charge < -0.3 is 24.6 Å². The number of ether oxygens (including phenoxy) is 1. The lowest BCUT2D eigenvalue weighted by Gasteiger charge is -2.27. The van der Waals surface area contributed by atoms with E-state index in [1.807, 2.05) is 35.8 Å². The molecule has 1 fully saturated rings. The summed E-state index contributed by atoms with van der Waals surface area (Å²) in [5.41, 5.74) is 1.97. The van der Waals surface area contributed by atoms with E-state index >= 15 is 0 Å². The molecule has 1 aliphatic rings. The number of fused-ring (bicyclic) bond motifs is 1. The van der Waals surface area contributed by atoms with E-state index in [1.54, 1.807) is 6.20 Å². The van der Waals surface area contributed by atoms with Gasteiger partial charge in [-0.3, -0.25) is 10.7 Å². The molecule has 1 aromatic carbocycles. The van der Waals surface area contributed by atoms with Gasteiger partial charge in [-0.15, -0.1) is 0 Å². The monoisotopic (exact) mass is 396 g/mol. The van der Waals surface area contributed by atoms with Crippen LogP contribution < -0.4 is 5.48 Å². The summed E-state index contributed by atoms with van der Waals surface area (Å²) in [6.07, 6.45) is -0.433. The van der Waals surface area contributed by atoms with Crippen molar-refractivity contribution in [2.45, 2.75) is 31.0 Å². The third-order valence-electron chi connectivity index (χ3n) is 5.02. The maximum Gasteiger partial charge on any atom is 0.167 e. The molecule has 4 rings (SSSR count). The van der Waals surface area contributed by atoms with Crippen molar-refractivity contribution in [2.24, 2.45) is 0 Å². The molecule has 3 unspecified atom stereocenters. The summed E-state index contributed by atoms with van der Waals surface area (Å²) >= 11 is 0. The van der Waals surface area contributed by atoms with Crippen molar-refractivity contribution in [2.75, 3.05) is 12.1 Å². The van der Waals surface area contributed by atoms with Crippen LogP contribution in [0.2, 0.25) is 0 Å². The SMILES string of the molecule is C[C@@]1(O)C(O)C(CO)OC1n1cc(C#Cc2ccccc2)c2c(NO)ncnc21. The van der Waals surface area contributed by atoms with E-state index in [0.717, 1.165) is 5.56 Å². The molecule has 4 atom stereocenters. The molecule has 29 heavy (non-hydrogen) atoms. The van der Waals surface area contributed by atoms with Crippen LogP contribution in [0.5, 0.6) is 0 Å². The molecule has 150 valence electrons. The first-order valence-corrected chi connectivity index (χ1v) is 8.96. The summed E-state index contributed by atoms with van der Waals surface area (Å²) < 4.78 is 7.22. The van der Waals surface area contributed by atoms with Gasteiger partial charge in [-0.25, -0.2) is 9.97 Å². The topological polar surface area (TPSA) is 133 Å². The molecule has 0 spiro atoms.